The highest BCUT2D eigenvalue weighted by atomic mass is 127. The van der Waals surface area contributed by atoms with Crippen molar-refractivity contribution >= 4 is 47.8 Å². The van der Waals surface area contributed by atoms with Crippen LogP contribution in [-0.2, 0) is 9.59 Å². The Balaban J connectivity index is 0.00000338. The van der Waals surface area contributed by atoms with E-state index in [0.717, 1.165) is 12.8 Å². The third kappa shape index (κ3) is 5.21. The number of urea groups is 1. The Kier molecular flexibility index (Phi) is 8.10. The summed E-state index contributed by atoms with van der Waals surface area (Å²) < 4.78 is 0. The molecule has 0 aromatic carbocycles. The van der Waals surface area contributed by atoms with E-state index in [1.54, 1.807) is 14.0 Å². The van der Waals surface area contributed by atoms with Crippen molar-refractivity contribution in [2.45, 2.75) is 45.2 Å². The zero-order valence-corrected chi connectivity index (χ0v) is 18.0. The number of likely N-dealkylation sites (tertiary alicyclic amines) is 1. The Labute approximate surface area is 171 Å². The van der Waals surface area contributed by atoms with E-state index < -0.39 is 11.6 Å². The second-order valence-electron chi connectivity index (χ2n) is 6.99. The molecule has 26 heavy (non-hydrogen) atoms. The van der Waals surface area contributed by atoms with Crippen molar-refractivity contribution in [1.82, 2.24) is 26.2 Å². The Hall–Kier alpha value is -1.59. The van der Waals surface area contributed by atoms with E-state index in [1.165, 1.54) is 0 Å². The van der Waals surface area contributed by atoms with Gasteiger partial charge in [0.25, 0.3) is 5.91 Å². The third-order valence-electron chi connectivity index (χ3n) is 4.75. The van der Waals surface area contributed by atoms with Crippen LogP contribution in [0.25, 0.3) is 0 Å². The smallest absolute Gasteiger partial charge is 0.322 e. The molecule has 2 saturated heterocycles. The van der Waals surface area contributed by atoms with Crippen LogP contribution < -0.4 is 21.3 Å². The first kappa shape index (κ1) is 22.5. The molecule has 2 rings (SSSR count). The average molecular weight is 480 g/mol. The van der Waals surface area contributed by atoms with Gasteiger partial charge in [-0.25, -0.2) is 4.79 Å². The quantitative estimate of drug-likeness (QED) is 0.196. The molecule has 1 atom stereocenters. The van der Waals surface area contributed by atoms with Gasteiger partial charge in [-0.05, 0) is 39.5 Å². The summed E-state index contributed by atoms with van der Waals surface area (Å²) >= 11 is 0. The summed E-state index contributed by atoms with van der Waals surface area (Å²) in [4.78, 5) is 41.5. The van der Waals surface area contributed by atoms with E-state index in [0.29, 0.717) is 19.0 Å². The zero-order valence-electron chi connectivity index (χ0n) is 15.7. The lowest BCUT2D eigenvalue weighted by atomic mass is 9.79. The molecule has 0 aromatic heterocycles. The minimum atomic E-state index is -0.850. The first-order valence-corrected chi connectivity index (χ1v) is 8.64. The topological polar surface area (TPSA) is 115 Å². The van der Waals surface area contributed by atoms with E-state index >= 15 is 0 Å². The molecule has 0 saturated carbocycles. The molecular formula is C16H29IN6O3. The molecular weight excluding hydrogens is 451 g/mol. The SMILES string of the molecule is CN=C(NCC(=O)NC(C)C)N1CCC(C2(C)NC(=O)NC2=O)CC1.I. The van der Waals surface area contributed by atoms with Gasteiger partial charge in [0.05, 0.1) is 6.54 Å². The second kappa shape index (κ2) is 9.38. The average Bonchev–Trinajstić information content (AvgIpc) is 2.81. The number of hydrogen-bond donors (Lipinski definition) is 4. The van der Waals surface area contributed by atoms with E-state index in [2.05, 4.69) is 31.2 Å². The van der Waals surface area contributed by atoms with E-state index in [9.17, 15) is 14.4 Å². The number of piperidine rings is 1. The molecule has 4 N–H and O–H groups in total. The molecule has 2 aliphatic heterocycles. The third-order valence-corrected chi connectivity index (χ3v) is 4.75. The van der Waals surface area contributed by atoms with Crippen LogP contribution in [0.2, 0.25) is 0 Å². The number of hydrogen-bond acceptors (Lipinski definition) is 4. The summed E-state index contributed by atoms with van der Waals surface area (Å²) in [5.41, 5.74) is -0.850. The van der Waals surface area contributed by atoms with Gasteiger partial charge in [0.1, 0.15) is 5.54 Å². The summed E-state index contributed by atoms with van der Waals surface area (Å²) in [5.74, 6) is 0.396. The fourth-order valence-corrected chi connectivity index (χ4v) is 3.38. The highest BCUT2D eigenvalue weighted by Crippen LogP contribution is 2.30. The number of rotatable bonds is 4. The normalized spacial score (nSPS) is 24.0. The van der Waals surface area contributed by atoms with Gasteiger partial charge in [-0.15, -0.1) is 24.0 Å². The number of nitrogens with zero attached hydrogens (tertiary/aromatic N) is 2. The van der Waals surface area contributed by atoms with Crippen molar-refractivity contribution in [3.05, 3.63) is 0 Å². The summed E-state index contributed by atoms with van der Waals surface area (Å²) in [7, 11) is 1.68. The number of imide groups is 1. The van der Waals surface area contributed by atoms with Crippen molar-refractivity contribution in [2.24, 2.45) is 10.9 Å². The van der Waals surface area contributed by atoms with Crippen LogP contribution in [0.5, 0.6) is 0 Å². The predicted octanol–water partition coefficient (Wildman–Crippen LogP) is 0.0145. The Morgan fingerprint density at radius 2 is 1.96 bits per heavy atom. The first-order valence-electron chi connectivity index (χ1n) is 8.64. The lowest BCUT2D eigenvalue weighted by Gasteiger charge is -2.39. The molecule has 0 radical (unpaired) electrons. The lowest BCUT2D eigenvalue weighted by molar-refractivity contribution is -0.125. The standard InChI is InChI=1S/C16H28N6O3.HI/c1-10(2)19-12(23)9-18-14(17-4)22-7-5-11(6-8-22)16(3)13(24)20-15(25)21-16;/h10-11H,5-9H2,1-4H3,(H,17,18)(H,19,23)(H2,20,21,24,25);1H. The molecule has 9 nitrogen and oxygen atoms in total. The van der Waals surface area contributed by atoms with E-state index in [-0.39, 0.29) is 54.3 Å². The summed E-state index contributed by atoms with van der Waals surface area (Å²) in [6.07, 6.45) is 1.51. The van der Waals surface area contributed by atoms with E-state index in [4.69, 9.17) is 0 Å². The monoisotopic (exact) mass is 480 g/mol. The van der Waals surface area contributed by atoms with Gasteiger partial charge in [-0.2, -0.15) is 0 Å². The summed E-state index contributed by atoms with van der Waals surface area (Å²) in [6.45, 7) is 7.17. The maximum Gasteiger partial charge on any atom is 0.322 e. The molecule has 10 heteroatoms. The molecule has 148 valence electrons. The van der Waals surface area contributed by atoms with Crippen LogP contribution in [0.1, 0.15) is 33.6 Å². The van der Waals surface area contributed by atoms with Crippen molar-refractivity contribution in [3.8, 4) is 0 Å². The largest absolute Gasteiger partial charge is 0.352 e. The molecule has 2 fully saturated rings. The number of carbonyl (C=O) groups is 3. The number of nitrogens with one attached hydrogen (secondary N) is 4. The van der Waals surface area contributed by atoms with Gasteiger partial charge >= 0.3 is 6.03 Å². The second-order valence-corrected chi connectivity index (χ2v) is 6.99. The number of guanidine groups is 1. The van der Waals surface area contributed by atoms with Crippen molar-refractivity contribution in [1.29, 1.82) is 0 Å². The van der Waals surface area contributed by atoms with Gasteiger partial charge in [0.2, 0.25) is 5.91 Å². The maximum absolute atomic E-state index is 12.1. The molecule has 2 heterocycles. The number of halogens is 1. The van der Waals surface area contributed by atoms with Crippen molar-refractivity contribution in [2.75, 3.05) is 26.7 Å². The van der Waals surface area contributed by atoms with Gasteiger partial charge in [-0.3, -0.25) is 19.9 Å². The molecule has 2 aliphatic rings. The van der Waals surface area contributed by atoms with Crippen LogP contribution in [0, 0.1) is 5.92 Å². The predicted molar refractivity (Wildman–Crippen MR) is 109 cm³/mol. The first-order chi connectivity index (χ1) is 11.8. The number of carbonyl (C=O) groups excluding carboxylic acids is 3. The van der Waals surface area contributed by atoms with Crippen LogP contribution in [0.4, 0.5) is 4.79 Å². The Bertz CT molecular complexity index is 574. The van der Waals surface area contributed by atoms with Crippen LogP contribution in [-0.4, -0.2) is 67.0 Å². The highest BCUT2D eigenvalue weighted by Gasteiger charge is 2.48. The van der Waals surface area contributed by atoms with Gasteiger partial charge in [0, 0.05) is 26.2 Å². The van der Waals surface area contributed by atoms with Crippen LogP contribution in [0.15, 0.2) is 4.99 Å². The van der Waals surface area contributed by atoms with Gasteiger partial charge in [0.15, 0.2) is 5.96 Å². The molecule has 0 aromatic rings. The number of aliphatic imine (C=N–C) groups is 1. The fraction of sp³-hybridized carbons (Fsp3) is 0.750. The fourth-order valence-electron chi connectivity index (χ4n) is 3.38. The van der Waals surface area contributed by atoms with Crippen LogP contribution in [0.3, 0.4) is 0 Å². The highest BCUT2D eigenvalue weighted by molar-refractivity contribution is 14.0. The zero-order chi connectivity index (χ0) is 18.6. The van der Waals surface area contributed by atoms with Crippen LogP contribution >= 0.6 is 24.0 Å². The molecule has 0 bridgehead atoms. The molecule has 0 spiro atoms. The Morgan fingerprint density at radius 1 is 1.35 bits per heavy atom. The maximum atomic E-state index is 12.1. The van der Waals surface area contributed by atoms with Crippen molar-refractivity contribution < 1.29 is 14.4 Å². The van der Waals surface area contributed by atoms with E-state index in [1.807, 2.05) is 13.8 Å². The molecule has 0 aliphatic carbocycles. The molecule has 4 amide bonds. The Morgan fingerprint density at radius 3 is 2.42 bits per heavy atom. The van der Waals surface area contributed by atoms with Crippen molar-refractivity contribution in [3.63, 3.8) is 0 Å². The summed E-state index contributed by atoms with van der Waals surface area (Å²) in [5, 5.41) is 11.0. The van der Waals surface area contributed by atoms with Gasteiger partial charge in [-0.1, -0.05) is 0 Å². The minimum absolute atomic E-state index is 0. The minimum Gasteiger partial charge on any atom is -0.352 e. The summed E-state index contributed by atoms with van der Waals surface area (Å²) in [6, 6.07) is -0.329. The molecule has 1 unspecified atom stereocenters. The van der Waals surface area contributed by atoms with Gasteiger partial charge < -0.3 is 20.9 Å². The lowest BCUT2D eigenvalue weighted by Crippen LogP contribution is -2.56. The number of amides is 4.